The number of aliphatic hydroxyl groups excluding tert-OH is 1. The topological polar surface area (TPSA) is 78.4 Å². The quantitative estimate of drug-likeness (QED) is 0.743. The number of aliphatic hydroxyl groups is 1. The third kappa shape index (κ3) is 6.11. The summed E-state index contributed by atoms with van der Waals surface area (Å²) in [6.45, 7) is 5.77. The molecule has 7 heteroatoms. The van der Waals surface area contributed by atoms with Crippen LogP contribution in [0, 0.1) is 5.82 Å². The fraction of sp³-hybridized carbons (Fsp3) is 0.533. The molecule has 1 aromatic rings. The largest absolute Gasteiger partial charge is 0.386 e. The Bertz CT molecular complexity index is 532. The molecule has 0 spiro atoms. The Kier molecular flexibility index (Phi) is 6.96. The molecule has 1 aromatic carbocycles. The van der Waals surface area contributed by atoms with Gasteiger partial charge in [-0.15, -0.1) is 0 Å². The summed E-state index contributed by atoms with van der Waals surface area (Å²) in [5, 5.41) is 14.9. The number of rotatable bonds is 6. The van der Waals surface area contributed by atoms with Crippen molar-refractivity contribution in [1.29, 1.82) is 0 Å². The Hall–Kier alpha value is -1.47. The number of halogens is 1. The molecular weight excluding hydrogens is 307 g/mol. The zero-order valence-corrected chi connectivity index (χ0v) is 13.9. The Morgan fingerprint density at radius 1 is 1.32 bits per heavy atom. The highest BCUT2D eigenvalue weighted by atomic mass is 32.2. The lowest BCUT2D eigenvalue weighted by Gasteiger charge is -2.18. The molecule has 0 aromatic heterocycles. The number of urea groups is 1. The van der Waals surface area contributed by atoms with Crippen LogP contribution < -0.4 is 10.6 Å². The molecule has 0 aliphatic heterocycles. The van der Waals surface area contributed by atoms with E-state index in [4.69, 9.17) is 0 Å². The normalized spacial score (nSPS) is 14.2. The Morgan fingerprint density at radius 2 is 1.95 bits per heavy atom. The van der Waals surface area contributed by atoms with Gasteiger partial charge in [-0.1, -0.05) is 18.2 Å². The first kappa shape index (κ1) is 18.6. The minimum absolute atomic E-state index is 0.102. The Labute approximate surface area is 132 Å². The van der Waals surface area contributed by atoms with Crippen LogP contribution in [0.25, 0.3) is 0 Å². The van der Waals surface area contributed by atoms with Gasteiger partial charge in [0.05, 0.1) is 6.10 Å². The van der Waals surface area contributed by atoms with Gasteiger partial charge in [0.2, 0.25) is 0 Å². The van der Waals surface area contributed by atoms with Crippen LogP contribution in [-0.4, -0.2) is 38.9 Å². The predicted octanol–water partition coefficient (Wildman–Crippen LogP) is 1.71. The van der Waals surface area contributed by atoms with Crippen LogP contribution >= 0.6 is 0 Å². The van der Waals surface area contributed by atoms with E-state index in [0.29, 0.717) is 5.75 Å². The molecule has 5 nitrogen and oxygen atoms in total. The van der Waals surface area contributed by atoms with Gasteiger partial charge in [-0.2, -0.15) is 0 Å². The van der Waals surface area contributed by atoms with Crippen molar-refractivity contribution in [3.8, 4) is 0 Å². The first-order valence-corrected chi connectivity index (χ1v) is 8.36. The molecule has 0 radical (unpaired) electrons. The van der Waals surface area contributed by atoms with Crippen LogP contribution in [0.4, 0.5) is 9.18 Å². The maximum absolute atomic E-state index is 13.4. The molecule has 2 amide bonds. The van der Waals surface area contributed by atoms with Gasteiger partial charge < -0.3 is 15.7 Å². The van der Waals surface area contributed by atoms with Crippen LogP contribution in [0.5, 0.6) is 0 Å². The van der Waals surface area contributed by atoms with E-state index in [2.05, 4.69) is 10.6 Å². The van der Waals surface area contributed by atoms with Crippen molar-refractivity contribution in [2.45, 2.75) is 31.6 Å². The minimum Gasteiger partial charge on any atom is -0.386 e. The maximum atomic E-state index is 13.4. The number of carbonyl (C=O) groups excluding carboxylic acids is 1. The summed E-state index contributed by atoms with van der Waals surface area (Å²) in [5.74, 6) is -0.162. The van der Waals surface area contributed by atoms with E-state index in [1.54, 1.807) is 6.07 Å². The van der Waals surface area contributed by atoms with Gasteiger partial charge >= 0.3 is 6.03 Å². The number of carbonyl (C=O) groups is 1. The molecule has 1 rings (SSSR count). The van der Waals surface area contributed by atoms with Crippen molar-refractivity contribution in [2.75, 3.05) is 18.8 Å². The molecule has 0 saturated heterocycles. The highest BCUT2D eigenvalue weighted by Crippen LogP contribution is 2.15. The van der Waals surface area contributed by atoms with E-state index in [-0.39, 0.29) is 23.4 Å². The van der Waals surface area contributed by atoms with Gasteiger partial charge in [0, 0.05) is 40.0 Å². The van der Waals surface area contributed by atoms with Gasteiger partial charge in [-0.3, -0.25) is 4.21 Å². The molecule has 0 aliphatic carbocycles. The van der Waals surface area contributed by atoms with Crippen molar-refractivity contribution < 1.29 is 18.5 Å². The maximum Gasteiger partial charge on any atom is 0.314 e. The zero-order valence-electron chi connectivity index (χ0n) is 13.1. The molecule has 0 aliphatic rings. The predicted molar refractivity (Wildman–Crippen MR) is 85.5 cm³/mol. The number of benzene rings is 1. The van der Waals surface area contributed by atoms with Gasteiger partial charge in [-0.05, 0) is 26.8 Å². The van der Waals surface area contributed by atoms with E-state index in [1.807, 2.05) is 20.8 Å². The lowest BCUT2D eigenvalue weighted by atomic mass is 10.1. The standard InChI is InChI=1S/C15H23FN2O3S/c1-15(2,3)22(21)9-8-17-14(20)18-10-13(19)11-6-4-5-7-12(11)16/h4-7,13,19H,8-10H2,1-3H3,(H2,17,18,20)/t13-,22+/m0/s1. The minimum atomic E-state index is -1.12. The molecule has 0 fully saturated rings. The van der Waals surface area contributed by atoms with Crippen molar-refractivity contribution in [1.82, 2.24) is 10.6 Å². The van der Waals surface area contributed by atoms with Crippen LogP contribution in [-0.2, 0) is 10.8 Å². The molecule has 0 heterocycles. The van der Waals surface area contributed by atoms with Gasteiger partial charge in [0.1, 0.15) is 5.82 Å². The molecule has 3 N–H and O–H groups in total. The van der Waals surface area contributed by atoms with Crippen LogP contribution in [0.3, 0.4) is 0 Å². The van der Waals surface area contributed by atoms with Gasteiger partial charge in [0.25, 0.3) is 0 Å². The fourth-order valence-electron chi connectivity index (χ4n) is 1.67. The molecule has 2 atom stereocenters. The zero-order chi connectivity index (χ0) is 16.8. The fourth-order valence-corrected chi connectivity index (χ4v) is 2.57. The SMILES string of the molecule is CC(C)(C)[S@](=O)CCNC(=O)NC[C@H](O)c1ccccc1F. The monoisotopic (exact) mass is 330 g/mol. The molecular formula is C15H23FN2O3S. The highest BCUT2D eigenvalue weighted by Gasteiger charge is 2.19. The van der Waals surface area contributed by atoms with E-state index in [1.165, 1.54) is 18.2 Å². The summed E-state index contributed by atoms with van der Waals surface area (Å²) in [7, 11) is -1.04. The summed E-state index contributed by atoms with van der Waals surface area (Å²) < 4.78 is 24.9. The third-order valence-corrected chi connectivity index (χ3v) is 4.92. The molecule has 0 bridgehead atoms. The number of amides is 2. The molecule has 22 heavy (non-hydrogen) atoms. The summed E-state index contributed by atoms with van der Waals surface area (Å²) >= 11 is 0. The Balaban J connectivity index is 2.32. The van der Waals surface area contributed by atoms with Crippen molar-refractivity contribution in [3.63, 3.8) is 0 Å². The van der Waals surface area contributed by atoms with Crippen molar-refractivity contribution >= 4 is 16.8 Å². The number of nitrogens with one attached hydrogen (secondary N) is 2. The summed E-state index contributed by atoms with van der Waals surface area (Å²) in [5.41, 5.74) is 0.136. The number of hydrogen-bond acceptors (Lipinski definition) is 3. The molecule has 0 saturated carbocycles. The lowest BCUT2D eigenvalue weighted by molar-refractivity contribution is 0.169. The van der Waals surface area contributed by atoms with Crippen molar-refractivity contribution in [2.24, 2.45) is 0 Å². The summed E-state index contributed by atoms with van der Waals surface area (Å²) in [6, 6.07) is 5.37. The first-order valence-electron chi connectivity index (χ1n) is 7.04. The van der Waals surface area contributed by atoms with E-state index in [9.17, 15) is 18.5 Å². The Morgan fingerprint density at radius 3 is 2.55 bits per heavy atom. The summed E-state index contributed by atoms with van der Waals surface area (Å²) in [4.78, 5) is 11.6. The van der Waals surface area contributed by atoms with E-state index < -0.39 is 28.8 Å². The second-order valence-corrected chi connectivity index (χ2v) is 8.16. The highest BCUT2D eigenvalue weighted by molar-refractivity contribution is 7.86. The average molecular weight is 330 g/mol. The number of hydrogen-bond donors (Lipinski definition) is 3. The summed E-state index contributed by atoms with van der Waals surface area (Å²) in [6.07, 6.45) is -1.12. The van der Waals surface area contributed by atoms with Gasteiger partial charge in [0.15, 0.2) is 0 Å². The second-order valence-electron chi connectivity index (χ2n) is 5.84. The second kappa shape index (κ2) is 8.24. The van der Waals surface area contributed by atoms with E-state index in [0.717, 1.165) is 0 Å². The average Bonchev–Trinajstić information content (AvgIpc) is 2.44. The van der Waals surface area contributed by atoms with Crippen LogP contribution in [0.2, 0.25) is 0 Å². The lowest BCUT2D eigenvalue weighted by Crippen LogP contribution is -2.40. The smallest absolute Gasteiger partial charge is 0.314 e. The first-order chi connectivity index (χ1) is 10.2. The van der Waals surface area contributed by atoms with Crippen LogP contribution in [0.15, 0.2) is 24.3 Å². The third-order valence-electron chi connectivity index (χ3n) is 2.98. The van der Waals surface area contributed by atoms with Crippen LogP contribution in [0.1, 0.15) is 32.4 Å². The van der Waals surface area contributed by atoms with Gasteiger partial charge in [-0.25, -0.2) is 9.18 Å². The van der Waals surface area contributed by atoms with E-state index >= 15 is 0 Å². The van der Waals surface area contributed by atoms with Crippen molar-refractivity contribution in [3.05, 3.63) is 35.6 Å². The molecule has 0 unspecified atom stereocenters. The molecule has 124 valence electrons.